The molecule has 2 heteroatoms. The van der Waals surface area contributed by atoms with Crippen LogP contribution in [-0.4, -0.2) is 12.5 Å². The van der Waals surface area contributed by atoms with E-state index < -0.39 is 0 Å². The summed E-state index contributed by atoms with van der Waals surface area (Å²) >= 11 is 0. The molecule has 96 valence electrons. The molecule has 0 aliphatic carbocycles. The number of carbonyl (C=O) groups excluding carboxylic acids is 1. The minimum absolute atomic E-state index is 0.00487. The van der Waals surface area contributed by atoms with Crippen molar-refractivity contribution in [3.63, 3.8) is 0 Å². The maximum absolute atomic E-state index is 12.3. The van der Waals surface area contributed by atoms with Gasteiger partial charge in [0, 0.05) is 6.54 Å². The highest BCUT2D eigenvalue weighted by Gasteiger charge is 2.43. The van der Waals surface area contributed by atoms with Crippen molar-refractivity contribution in [1.82, 2.24) is 5.32 Å². The van der Waals surface area contributed by atoms with Gasteiger partial charge in [-0.1, -0.05) is 48.5 Å². The van der Waals surface area contributed by atoms with Gasteiger partial charge >= 0.3 is 0 Å². The van der Waals surface area contributed by atoms with Crippen molar-refractivity contribution in [3.05, 3.63) is 0 Å². The zero-order chi connectivity index (χ0) is 13.0. The maximum Gasteiger partial charge on any atom is 0.226 e. The van der Waals surface area contributed by atoms with Crippen molar-refractivity contribution in [2.24, 2.45) is 16.7 Å². The van der Waals surface area contributed by atoms with E-state index in [-0.39, 0.29) is 16.7 Å². The average molecular weight is 227 g/mol. The molecule has 1 amide bonds. The number of nitrogens with one attached hydrogen (secondary N) is 1. The molecule has 1 unspecified atom stereocenters. The van der Waals surface area contributed by atoms with Crippen molar-refractivity contribution >= 4 is 5.91 Å². The molecule has 16 heavy (non-hydrogen) atoms. The molecule has 0 aliphatic heterocycles. The Labute approximate surface area is 101 Å². The molecule has 0 fully saturated rings. The largest absolute Gasteiger partial charge is 0.356 e. The Balaban J connectivity index is 4.86. The van der Waals surface area contributed by atoms with Gasteiger partial charge in [0.25, 0.3) is 0 Å². The Kier molecular flexibility index (Phi) is 5.51. The van der Waals surface area contributed by atoms with Crippen molar-refractivity contribution in [3.8, 4) is 0 Å². The minimum Gasteiger partial charge on any atom is -0.356 e. The van der Waals surface area contributed by atoms with Gasteiger partial charge in [-0.05, 0) is 24.2 Å². The molecule has 2 nitrogen and oxygen atoms in total. The first-order valence-electron chi connectivity index (χ1n) is 6.43. The molecule has 0 bridgehead atoms. The van der Waals surface area contributed by atoms with Crippen LogP contribution < -0.4 is 5.32 Å². The molecule has 0 saturated heterocycles. The molecule has 1 atom stereocenters. The quantitative estimate of drug-likeness (QED) is 0.763. The predicted octanol–water partition coefficient (Wildman–Crippen LogP) is 3.61. The molecule has 0 aromatic rings. The van der Waals surface area contributed by atoms with E-state index in [0.29, 0.717) is 5.92 Å². The first kappa shape index (κ1) is 15.5. The summed E-state index contributed by atoms with van der Waals surface area (Å²) in [5, 5.41) is 3.05. The number of carbonyl (C=O) groups is 1. The summed E-state index contributed by atoms with van der Waals surface area (Å²) in [5.41, 5.74) is -0.286. The molecule has 0 radical (unpaired) electrons. The number of amides is 1. The lowest BCUT2D eigenvalue weighted by Crippen LogP contribution is -2.48. The third-order valence-corrected chi connectivity index (χ3v) is 3.51. The lowest BCUT2D eigenvalue weighted by Gasteiger charge is -2.41. The Bertz CT molecular complexity index is 227. The highest BCUT2D eigenvalue weighted by atomic mass is 16.2. The monoisotopic (exact) mass is 227 g/mol. The molecule has 0 spiro atoms. The van der Waals surface area contributed by atoms with E-state index in [9.17, 15) is 4.79 Å². The smallest absolute Gasteiger partial charge is 0.226 e. The molecule has 0 aliphatic rings. The van der Waals surface area contributed by atoms with E-state index in [1.54, 1.807) is 0 Å². The van der Waals surface area contributed by atoms with Crippen molar-refractivity contribution in [2.75, 3.05) is 6.54 Å². The van der Waals surface area contributed by atoms with Crippen LogP contribution in [-0.2, 0) is 4.79 Å². The van der Waals surface area contributed by atoms with Crippen LogP contribution in [0.5, 0.6) is 0 Å². The molecule has 0 aromatic heterocycles. The van der Waals surface area contributed by atoms with Crippen LogP contribution in [0.25, 0.3) is 0 Å². The first-order chi connectivity index (χ1) is 7.15. The Morgan fingerprint density at radius 2 is 1.69 bits per heavy atom. The lowest BCUT2D eigenvalue weighted by molar-refractivity contribution is -0.137. The highest BCUT2D eigenvalue weighted by Crippen LogP contribution is 2.43. The van der Waals surface area contributed by atoms with Crippen LogP contribution in [0, 0.1) is 16.7 Å². The van der Waals surface area contributed by atoms with Crippen LogP contribution in [0.15, 0.2) is 0 Å². The van der Waals surface area contributed by atoms with Gasteiger partial charge in [-0.3, -0.25) is 4.79 Å². The highest BCUT2D eigenvalue weighted by molar-refractivity contribution is 5.83. The normalized spacial score (nSPS) is 16.0. The van der Waals surface area contributed by atoms with Gasteiger partial charge in [0.2, 0.25) is 5.91 Å². The topological polar surface area (TPSA) is 29.1 Å². The standard InChI is InChI=1S/C14H29NO/c1-8-9-15-12(16)14(7,10-11(2)3)13(4,5)6/h11H,8-10H2,1-7H3,(H,15,16). The molecule has 0 aromatic carbocycles. The average Bonchev–Trinajstić information content (AvgIpc) is 2.10. The summed E-state index contributed by atoms with van der Waals surface area (Å²) in [6, 6.07) is 0. The van der Waals surface area contributed by atoms with Gasteiger partial charge in [-0.25, -0.2) is 0 Å². The van der Waals surface area contributed by atoms with Crippen LogP contribution in [0.2, 0.25) is 0 Å². The fraction of sp³-hybridized carbons (Fsp3) is 0.929. The van der Waals surface area contributed by atoms with Gasteiger partial charge in [-0.2, -0.15) is 0 Å². The number of rotatable bonds is 5. The number of hydrogen-bond donors (Lipinski definition) is 1. The SMILES string of the molecule is CCCNC(=O)C(C)(CC(C)C)C(C)(C)C. The van der Waals surface area contributed by atoms with Crippen molar-refractivity contribution in [2.45, 2.75) is 61.3 Å². The molecular formula is C14H29NO. The third kappa shape index (κ3) is 3.80. The predicted molar refractivity (Wildman–Crippen MR) is 70.3 cm³/mol. The van der Waals surface area contributed by atoms with E-state index in [1.165, 1.54) is 0 Å². The van der Waals surface area contributed by atoms with E-state index in [4.69, 9.17) is 0 Å². The Morgan fingerprint density at radius 1 is 1.19 bits per heavy atom. The van der Waals surface area contributed by atoms with Crippen LogP contribution in [0.1, 0.15) is 61.3 Å². The zero-order valence-corrected chi connectivity index (χ0v) is 12.1. The van der Waals surface area contributed by atoms with Gasteiger partial charge in [0.15, 0.2) is 0 Å². The second kappa shape index (κ2) is 5.70. The molecule has 0 saturated carbocycles. The van der Waals surface area contributed by atoms with Crippen molar-refractivity contribution < 1.29 is 4.79 Å². The zero-order valence-electron chi connectivity index (χ0n) is 12.1. The van der Waals surface area contributed by atoms with Crippen molar-refractivity contribution in [1.29, 1.82) is 0 Å². The van der Waals surface area contributed by atoms with Crippen LogP contribution >= 0.6 is 0 Å². The van der Waals surface area contributed by atoms with Gasteiger partial charge in [0.05, 0.1) is 5.41 Å². The summed E-state index contributed by atoms with van der Waals surface area (Å²) in [4.78, 5) is 12.3. The Hall–Kier alpha value is -0.530. The van der Waals surface area contributed by atoms with Crippen LogP contribution in [0.4, 0.5) is 0 Å². The fourth-order valence-electron chi connectivity index (χ4n) is 1.99. The number of hydrogen-bond acceptors (Lipinski definition) is 1. The lowest BCUT2D eigenvalue weighted by atomic mass is 9.63. The molecule has 1 N–H and O–H groups in total. The molecule has 0 heterocycles. The summed E-state index contributed by atoms with van der Waals surface area (Å²) in [6.07, 6.45) is 1.93. The Morgan fingerprint density at radius 3 is 2.00 bits per heavy atom. The molecular weight excluding hydrogens is 198 g/mol. The van der Waals surface area contributed by atoms with E-state index in [1.807, 2.05) is 0 Å². The first-order valence-corrected chi connectivity index (χ1v) is 6.43. The summed E-state index contributed by atoms with van der Waals surface area (Å²) < 4.78 is 0. The maximum atomic E-state index is 12.3. The second-order valence-corrected chi connectivity index (χ2v) is 6.44. The minimum atomic E-state index is -0.281. The van der Waals surface area contributed by atoms with E-state index in [2.05, 4.69) is 53.8 Å². The fourth-order valence-corrected chi connectivity index (χ4v) is 1.99. The van der Waals surface area contributed by atoms with Gasteiger partial charge < -0.3 is 5.32 Å². The van der Waals surface area contributed by atoms with Gasteiger partial charge in [0.1, 0.15) is 0 Å². The second-order valence-electron chi connectivity index (χ2n) is 6.44. The van der Waals surface area contributed by atoms with Gasteiger partial charge in [-0.15, -0.1) is 0 Å². The molecule has 0 rings (SSSR count). The third-order valence-electron chi connectivity index (χ3n) is 3.51. The summed E-state index contributed by atoms with van der Waals surface area (Å²) in [7, 11) is 0. The van der Waals surface area contributed by atoms with E-state index >= 15 is 0 Å². The summed E-state index contributed by atoms with van der Waals surface area (Å²) in [5.74, 6) is 0.743. The van der Waals surface area contributed by atoms with E-state index in [0.717, 1.165) is 19.4 Å². The van der Waals surface area contributed by atoms with Crippen LogP contribution in [0.3, 0.4) is 0 Å². The summed E-state index contributed by atoms with van der Waals surface area (Å²) in [6.45, 7) is 15.8.